The maximum absolute atomic E-state index is 5.14. The summed E-state index contributed by atoms with van der Waals surface area (Å²) >= 11 is 1.78. The Kier molecular flexibility index (Phi) is 3.87. The molecule has 0 saturated carbocycles. The number of hydrogen-bond acceptors (Lipinski definition) is 5. The molecule has 2 aromatic rings. The second-order valence-corrected chi connectivity index (χ2v) is 5.44. The van der Waals surface area contributed by atoms with Crippen LogP contribution in [0.5, 0.6) is 5.75 Å². The molecule has 2 heterocycles. The van der Waals surface area contributed by atoms with Crippen molar-refractivity contribution in [1.82, 2.24) is 4.98 Å². The number of rotatable bonds is 3. The lowest BCUT2D eigenvalue weighted by Crippen LogP contribution is -2.12. The Morgan fingerprint density at radius 3 is 2.90 bits per heavy atom. The van der Waals surface area contributed by atoms with Crippen LogP contribution >= 0.6 is 11.8 Å². The second kappa shape index (κ2) is 5.96. The first-order valence-electron chi connectivity index (χ1n) is 6.41. The largest absolute Gasteiger partial charge is 0.497 e. The molecule has 1 N–H and O–H groups in total. The van der Waals surface area contributed by atoms with Gasteiger partial charge in [0.1, 0.15) is 10.8 Å². The number of methoxy groups -OCH3 is 1. The van der Waals surface area contributed by atoms with E-state index < -0.39 is 0 Å². The highest BCUT2D eigenvalue weighted by molar-refractivity contribution is 7.99. The Morgan fingerprint density at radius 1 is 1.25 bits per heavy atom. The molecule has 0 amide bonds. The van der Waals surface area contributed by atoms with Gasteiger partial charge in [0.15, 0.2) is 0 Å². The van der Waals surface area contributed by atoms with E-state index in [1.807, 2.05) is 36.5 Å². The van der Waals surface area contributed by atoms with Crippen molar-refractivity contribution in [3.63, 3.8) is 0 Å². The number of anilines is 1. The number of nitrogens with zero attached hydrogens (tertiary/aromatic N) is 2. The van der Waals surface area contributed by atoms with Crippen LogP contribution in [0, 0.1) is 0 Å². The number of nitrogens with one attached hydrogen (secondary N) is 1. The summed E-state index contributed by atoms with van der Waals surface area (Å²) in [6.07, 6.45) is 2.78. The summed E-state index contributed by atoms with van der Waals surface area (Å²) < 4.78 is 5.14. The fourth-order valence-electron chi connectivity index (χ4n) is 2.02. The van der Waals surface area contributed by atoms with Gasteiger partial charge >= 0.3 is 0 Å². The lowest BCUT2D eigenvalue weighted by atomic mass is 10.1. The number of pyridine rings is 1. The maximum Gasteiger partial charge on any atom is 0.119 e. The van der Waals surface area contributed by atoms with Gasteiger partial charge in [-0.25, -0.2) is 4.98 Å². The minimum absolute atomic E-state index is 0.840. The molecule has 20 heavy (non-hydrogen) atoms. The molecular formula is C15H15N3OS. The number of fused-ring (bicyclic) bond motifs is 1. The number of hydrazone groups is 1. The Morgan fingerprint density at radius 2 is 2.10 bits per heavy atom. The third-order valence-electron chi connectivity index (χ3n) is 3.07. The third-order valence-corrected chi connectivity index (χ3v) is 4.08. The lowest BCUT2D eigenvalue weighted by molar-refractivity contribution is 0.415. The predicted octanol–water partition coefficient (Wildman–Crippen LogP) is 3.40. The lowest BCUT2D eigenvalue weighted by Gasteiger charge is -2.16. The number of aromatic nitrogens is 1. The topological polar surface area (TPSA) is 46.5 Å². The van der Waals surface area contributed by atoms with Gasteiger partial charge < -0.3 is 4.74 Å². The molecule has 5 heteroatoms. The van der Waals surface area contributed by atoms with E-state index in [1.54, 1.807) is 18.9 Å². The maximum atomic E-state index is 5.14. The van der Waals surface area contributed by atoms with Crippen LogP contribution in [-0.4, -0.2) is 23.6 Å². The van der Waals surface area contributed by atoms with Crippen molar-refractivity contribution < 1.29 is 4.74 Å². The molecule has 0 fully saturated rings. The van der Waals surface area contributed by atoms with E-state index in [1.165, 1.54) is 0 Å². The van der Waals surface area contributed by atoms with E-state index in [2.05, 4.69) is 21.6 Å². The summed E-state index contributed by atoms with van der Waals surface area (Å²) in [5.41, 5.74) is 6.24. The molecule has 0 atom stereocenters. The van der Waals surface area contributed by atoms with Crippen molar-refractivity contribution in [1.29, 1.82) is 0 Å². The van der Waals surface area contributed by atoms with Gasteiger partial charge in [-0.2, -0.15) is 5.10 Å². The van der Waals surface area contributed by atoms with E-state index in [-0.39, 0.29) is 0 Å². The van der Waals surface area contributed by atoms with Crippen LogP contribution < -0.4 is 10.2 Å². The Balaban J connectivity index is 1.79. The van der Waals surface area contributed by atoms with E-state index in [9.17, 15) is 0 Å². The molecule has 1 aliphatic heterocycles. The third kappa shape index (κ3) is 2.77. The second-order valence-electron chi connectivity index (χ2n) is 4.35. The smallest absolute Gasteiger partial charge is 0.119 e. The first-order valence-corrected chi connectivity index (χ1v) is 7.40. The highest BCUT2D eigenvalue weighted by Crippen LogP contribution is 2.28. The average Bonchev–Trinajstić information content (AvgIpc) is 2.53. The fraction of sp³-hybridized carbons (Fsp3) is 0.200. The van der Waals surface area contributed by atoms with Crippen molar-refractivity contribution >= 4 is 23.2 Å². The highest BCUT2D eigenvalue weighted by Gasteiger charge is 2.16. The zero-order valence-electron chi connectivity index (χ0n) is 11.2. The van der Waals surface area contributed by atoms with Gasteiger partial charge in [0.05, 0.1) is 18.5 Å². The van der Waals surface area contributed by atoms with Crippen LogP contribution in [0.15, 0.2) is 52.7 Å². The quantitative estimate of drug-likeness (QED) is 0.878. The molecule has 1 aromatic heterocycles. The summed E-state index contributed by atoms with van der Waals surface area (Å²) in [6, 6.07) is 11.7. The van der Waals surface area contributed by atoms with E-state index in [4.69, 9.17) is 4.74 Å². The first-order chi connectivity index (χ1) is 9.86. The van der Waals surface area contributed by atoms with Gasteiger partial charge in [0, 0.05) is 23.9 Å². The predicted molar refractivity (Wildman–Crippen MR) is 82.7 cm³/mol. The summed E-state index contributed by atoms with van der Waals surface area (Å²) in [4.78, 5) is 4.38. The Hall–Kier alpha value is -2.01. The van der Waals surface area contributed by atoms with Gasteiger partial charge in [-0.3, -0.25) is 5.43 Å². The molecule has 3 rings (SSSR count). The van der Waals surface area contributed by atoms with Gasteiger partial charge in [-0.1, -0.05) is 0 Å². The summed E-state index contributed by atoms with van der Waals surface area (Å²) in [5, 5.41) is 5.59. The van der Waals surface area contributed by atoms with Crippen LogP contribution in [-0.2, 0) is 0 Å². The van der Waals surface area contributed by atoms with Crippen LogP contribution in [0.2, 0.25) is 0 Å². The molecule has 0 bridgehead atoms. The molecule has 0 spiro atoms. The number of hydrogen-bond donors (Lipinski definition) is 1. The summed E-state index contributed by atoms with van der Waals surface area (Å²) in [6.45, 7) is 0. The van der Waals surface area contributed by atoms with E-state index in [0.717, 1.165) is 39.9 Å². The minimum Gasteiger partial charge on any atom is -0.497 e. The number of thioether (sulfide) groups is 1. The van der Waals surface area contributed by atoms with Crippen LogP contribution in [0.3, 0.4) is 0 Å². The molecule has 0 unspecified atom stereocenters. The van der Waals surface area contributed by atoms with E-state index in [0.29, 0.717) is 0 Å². The average molecular weight is 285 g/mol. The Bertz CT molecular complexity index is 625. The van der Waals surface area contributed by atoms with Crippen molar-refractivity contribution in [2.75, 3.05) is 18.3 Å². The molecule has 1 aromatic carbocycles. The molecule has 102 valence electrons. The van der Waals surface area contributed by atoms with Gasteiger partial charge in [-0.05, 0) is 36.4 Å². The molecular weight excluding hydrogens is 270 g/mol. The Labute approximate surface area is 122 Å². The van der Waals surface area contributed by atoms with Gasteiger partial charge in [0.2, 0.25) is 0 Å². The first kappa shape index (κ1) is 13.0. The number of benzene rings is 1. The SMILES string of the molecule is COc1ccc(N/N=C2\CCSc3ncccc32)cc1. The summed E-state index contributed by atoms with van der Waals surface area (Å²) in [7, 11) is 1.66. The van der Waals surface area contributed by atoms with Crippen molar-refractivity contribution in [2.45, 2.75) is 11.4 Å². The molecule has 1 aliphatic rings. The molecule has 4 nitrogen and oxygen atoms in total. The normalized spacial score (nSPS) is 15.8. The van der Waals surface area contributed by atoms with Crippen LogP contribution in [0.25, 0.3) is 0 Å². The van der Waals surface area contributed by atoms with Crippen molar-refractivity contribution in [3.8, 4) is 5.75 Å². The standard InChI is InChI=1S/C15H15N3OS/c1-19-12-6-4-11(5-7-12)17-18-14-8-10-20-15-13(14)3-2-9-16-15/h2-7,9,17H,8,10H2,1H3/b18-14+. The summed E-state index contributed by atoms with van der Waals surface area (Å²) in [5.74, 6) is 1.86. The monoisotopic (exact) mass is 285 g/mol. The van der Waals surface area contributed by atoms with Crippen molar-refractivity contribution in [2.24, 2.45) is 5.10 Å². The molecule has 0 aliphatic carbocycles. The van der Waals surface area contributed by atoms with Crippen LogP contribution in [0.4, 0.5) is 5.69 Å². The zero-order chi connectivity index (χ0) is 13.8. The number of ether oxygens (including phenoxy) is 1. The van der Waals surface area contributed by atoms with Crippen LogP contribution in [0.1, 0.15) is 12.0 Å². The van der Waals surface area contributed by atoms with Gasteiger partial charge in [0.25, 0.3) is 0 Å². The molecule has 0 radical (unpaired) electrons. The highest BCUT2D eigenvalue weighted by atomic mass is 32.2. The van der Waals surface area contributed by atoms with E-state index >= 15 is 0 Å². The zero-order valence-corrected chi connectivity index (χ0v) is 12.0. The minimum atomic E-state index is 0.840. The molecule has 0 saturated heterocycles. The van der Waals surface area contributed by atoms with Crippen molar-refractivity contribution in [3.05, 3.63) is 48.2 Å². The van der Waals surface area contributed by atoms with Gasteiger partial charge in [-0.15, -0.1) is 11.8 Å². The fourth-order valence-corrected chi connectivity index (χ4v) is 2.98.